The molecular formula is C15H24N2O2. The summed E-state index contributed by atoms with van der Waals surface area (Å²) in [5.41, 5.74) is 8.41. The molecule has 0 amide bonds. The van der Waals surface area contributed by atoms with Crippen molar-refractivity contribution >= 4 is 0 Å². The summed E-state index contributed by atoms with van der Waals surface area (Å²) >= 11 is 0. The molecule has 1 aliphatic carbocycles. The predicted molar refractivity (Wildman–Crippen MR) is 76.8 cm³/mol. The van der Waals surface area contributed by atoms with Gasteiger partial charge in [-0.3, -0.25) is 0 Å². The molecule has 0 aromatic heterocycles. The second-order valence-corrected chi connectivity index (χ2v) is 5.67. The number of rotatable bonds is 6. The molecule has 0 saturated heterocycles. The van der Waals surface area contributed by atoms with Crippen molar-refractivity contribution in [1.82, 2.24) is 4.90 Å². The first-order chi connectivity index (χ1) is 8.97. The van der Waals surface area contributed by atoms with Gasteiger partial charge in [-0.2, -0.15) is 0 Å². The summed E-state index contributed by atoms with van der Waals surface area (Å²) in [4.78, 5) is 2.25. The second kappa shape index (κ2) is 5.39. The second-order valence-electron chi connectivity index (χ2n) is 5.67. The van der Waals surface area contributed by atoms with Crippen molar-refractivity contribution < 1.29 is 9.47 Å². The van der Waals surface area contributed by atoms with Crippen LogP contribution in [0.15, 0.2) is 12.1 Å². The molecule has 0 bridgehead atoms. The quantitative estimate of drug-likeness (QED) is 0.853. The van der Waals surface area contributed by atoms with E-state index in [-0.39, 0.29) is 5.54 Å². The number of benzene rings is 1. The average Bonchev–Trinajstić information content (AvgIpc) is 3.08. The molecule has 106 valence electrons. The zero-order chi connectivity index (χ0) is 14.0. The first kappa shape index (κ1) is 14.2. The van der Waals surface area contributed by atoms with Crippen LogP contribution in [-0.2, 0) is 6.54 Å². The molecule has 4 heteroatoms. The zero-order valence-electron chi connectivity index (χ0n) is 12.3. The summed E-state index contributed by atoms with van der Waals surface area (Å²) in [6.45, 7) is 3.76. The molecule has 0 radical (unpaired) electrons. The molecular weight excluding hydrogens is 240 g/mol. The van der Waals surface area contributed by atoms with Crippen LogP contribution in [0.5, 0.6) is 11.5 Å². The topological polar surface area (TPSA) is 47.7 Å². The van der Waals surface area contributed by atoms with Crippen LogP contribution < -0.4 is 15.2 Å². The van der Waals surface area contributed by atoms with Gasteiger partial charge in [-0.25, -0.2) is 0 Å². The molecule has 0 atom stereocenters. The first-order valence-electron chi connectivity index (χ1n) is 6.66. The van der Waals surface area contributed by atoms with Crippen LogP contribution in [0, 0.1) is 6.92 Å². The van der Waals surface area contributed by atoms with Crippen LogP contribution in [0.3, 0.4) is 0 Å². The van der Waals surface area contributed by atoms with E-state index >= 15 is 0 Å². The van der Waals surface area contributed by atoms with Gasteiger partial charge >= 0.3 is 0 Å². The minimum Gasteiger partial charge on any atom is -0.496 e. The molecule has 0 aliphatic heterocycles. The highest BCUT2D eigenvalue weighted by Gasteiger charge is 2.38. The minimum absolute atomic E-state index is 0.0385. The SMILES string of the molecule is COc1cc(CN(C)CC2(N)CC2)c(OC)cc1C. The normalized spacial score (nSPS) is 16.5. The monoisotopic (exact) mass is 264 g/mol. The summed E-state index contributed by atoms with van der Waals surface area (Å²) in [5, 5.41) is 0. The smallest absolute Gasteiger partial charge is 0.123 e. The Morgan fingerprint density at radius 3 is 2.37 bits per heavy atom. The fraction of sp³-hybridized carbons (Fsp3) is 0.600. The van der Waals surface area contributed by atoms with Crippen molar-refractivity contribution in [3.05, 3.63) is 23.3 Å². The van der Waals surface area contributed by atoms with E-state index in [1.54, 1.807) is 14.2 Å². The van der Waals surface area contributed by atoms with E-state index in [9.17, 15) is 0 Å². The van der Waals surface area contributed by atoms with E-state index in [0.717, 1.165) is 48.6 Å². The fourth-order valence-electron chi connectivity index (χ4n) is 2.44. The third kappa shape index (κ3) is 3.39. The van der Waals surface area contributed by atoms with Crippen molar-refractivity contribution in [1.29, 1.82) is 0 Å². The largest absolute Gasteiger partial charge is 0.496 e. The molecule has 1 saturated carbocycles. The Kier molecular flexibility index (Phi) is 4.02. The lowest BCUT2D eigenvalue weighted by Crippen LogP contribution is -2.36. The van der Waals surface area contributed by atoms with Gasteiger partial charge in [0.1, 0.15) is 11.5 Å². The van der Waals surface area contributed by atoms with Gasteiger partial charge in [0.15, 0.2) is 0 Å². The van der Waals surface area contributed by atoms with Crippen molar-refractivity contribution in [2.75, 3.05) is 27.8 Å². The summed E-state index contributed by atoms with van der Waals surface area (Å²) < 4.78 is 10.8. The van der Waals surface area contributed by atoms with Gasteiger partial charge in [0, 0.05) is 24.2 Å². The van der Waals surface area contributed by atoms with Crippen LogP contribution in [0.25, 0.3) is 0 Å². The number of nitrogens with zero attached hydrogens (tertiary/aromatic N) is 1. The summed E-state index contributed by atoms with van der Waals surface area (Å²) in [6, 6.07) is 4.08. The van der Waals surface area contributed by atoms with E-state index in [1.165, 1.54) is 0 Å². The van der Waals surface area contributed by atoms with Gasteiger partial charge in [0.2, 0.25) is 0 Å². The number of methoxy groups -OCH3 is 2. The van der Waals surface area contributed by atoms with Crippen LogP contribution >= 0.6 is 0 Å². The Labute approximate surface area is 115 Å². The first-order valence-corrected chi connectivity index (χ1v) is 6.66. The lowest BCUT2D eigenvalue weighted by Gasteiger charge is -2.22. The van der Waals surface area contributed by atoms with Gasteiger partial charge in [-0.1, -0.05) is 0 Å². The highest BCUT2D eigenvalue weighted by molar-refractivity contribution is 5.45. The fourth-order valence-corrected chi connectivity index (χ4v) is 2.44. The minimum atomic E-state index is 0.0385. The summed E-state index contributed by atoms with van der Waals surface area (Å²) in [5.74, 6) is 1.81. The molecule has 1 aliphatic rings. The van der Waals surface area contributed by atoms with Crippen LogP contribution in [-0.4, -0.2) is 38.3 Å². The number of likely N-dealkylation sites (N-methyl/N-ethyl adjacent to an activating group) is 1. The van der Waals surface area contributed by atoms with Crippen LogP contribution in [0.4, 0.5) is 0 Å². The summed E-state index contributed by atoms with van der Waals surface area (Å²) in [7, 11) is 5.50. The molecule has 2 N–H and O–H groups in total. The van der Waals surface area contributed by atoms with Crippen molar-refractivity contribution in [2.24, 2.45) is 5.73 Å². The molecule has 0 heterocycles. The molecule has 1 fully saturated rings. The number of hydrogen-bond acceptors (Lipinski definition) is 4. The van der Waals surface area contributed by atoms with Gasteiger partial charge < -0.3 is 20.1 Å². The predicted octanol–water partition coefficient (Wildman–Crippen LogP) is 1.94. The van der Waals surface area contributed by atoms with Gasteiger partial charge in [0.25, 0.3) is 0 Å². The standard InChI is InChI=1S/C15H24N2O2/c1-11-7-14(19-4)12(8-13(11)18-3)9-17(2)10-15(16)5-6-15/h7-8H,5-6,9-10,16H2,1-4H3. The average molecular weight is 264 g/mol. The van der Waals surface area contributed by atoms with Crippen molar-refractivity contribution in [3.8, 4) is 11.5 Å². The third-order valence-electron chi connectivity index (χ3n) is 3.72. The highest BCUT2D eigenvalue weighted by atomic mass is 16.5. The van der Waals surface area contributed by atoms with Crippen molar-refractivity contribution in [3.63, 3.8) is 0 Å². The van der Waals surface area contributed by atoms with E-state index in [1.807, 2.05) is 13.0 Å². The highest BCUT2D eigenvalue weighted by Crippen LogP contribution is 2.34. The molecule has 1 aromatic rings. The Bertz CT molecular complexity index is 456. The number of hydrogen-bond donors (Lipinski definition) is 1. The van der Waals surface area contributed by atoms with E-state index in [0.29, 0.717) is 0 Å². The molecule has 4 nitrogen and oxygen atoms in total. The maximum absolute atomic E-state index is 6.15. The Balaban J connectivity index is 2.13. The maximum atomic E-state index is 6.15. The van der Waals surface area contributed by atoms with E-state index < -0.39 is 0 Å². The van der Waals surface area contributed by atoms with Crippen LogP contribution in [0.1, 0.15) is 24.0 Å². The van der Waals surface area contributed by atoms with Crippen molar-refractivity contribution in [2.45, 2.75) is 31.8 Å². The molecule has 0 spiro atoms. The number of ether oxygens (including phenoxy) is 2. The number of aryl methyl sites for hydroxylation is 1. The van der Waals surface area contributed by atoms with E-state index in [4.69, 9.17) is 15.2 Å². The van der Waals surface area contributed by atoms with E-state index in [2.05, 4.69) is 18.0 Å². The van der Waals surface area contributed by atoms with Crippen LogP contribution in [0.2, 0.25) is 0 Å². The van der Waals surface area contributed by atoms with Gasteiger partial charge in [0.05, 0.1) is 14.2 Å². The van der Waals surface area contributed by atoms with Gasteiger partial charge in [-0.05, 0) is 44.5 Å². The molecule has 0 unspecified atom stereocenters. The maximum Gasteiger partial charge on any atom is 0.123 e. The lowest BCUT2D eigenvalue weighted by molar-refractivity contribution is 0.288. The molecule has 2 rings (SSSR count). The molecule has 1 aromatic carbocycles. The summed E-state index contributed by atoms with van der Waals surface area (Å²) in [6.07, 6.45) is 2.26. The Hall–Kier alpha value is -1.26. The lowest BCUT2D eigenvalue weighted by atomic mass is 10.1. The van der Waals surface area contributed by atoms with Gasteiger partial charge in [-0.15, -0.1) is 0 Å². The third-order valence-corrected chi connectivity index (χ3v) is 3.72. The molecule has 19 heavy (non-hydrogen) atoms. The zero-order valence-corrected chi connectivity index (χ0v) is 12.3. The Morgan fingerprint density at radius 2 is 1.84 bits per heavy atom. The number of nitrogens with two attached hydrogens (primary N) is 1. The Morgan fingerprint density at radius 1 is 1.21 bits per heavy atom.